The Morgan fingerprint density at radius 2 is 2.47 bits per heavy atom. The van der Waals surface area contributed by atoms with E-state index in [1.165, 1.54) is 12.0 Å². The minimum Gasteiger partial charge on any atom is -0.377 e. The third-order valence-electron chi connectivity index (χ3n) is 3.47. The molecule has 4 nitrogen and oxygen atoms in total. The molecule has 0 saturated carbocycles. The minimum atomic E-state index is 0.370. The molecule has 1 aliphatic heterocycles. The molecule has 0 spiro atoms. The van der Waals surface area contributed by atoms with Crippen LogP contribution in [0.3, 0.4) is 0 Å². The average molecular weight is 233 g/mol. The molecule has 0 aliphatic carbocycles. The minimum absolute atomic E-state index is 0.370. The van der Waals surface area contributed by atoms with Crippen molar-refractivity contribution in [3.05, 3.63) is 23.0 Å². The van der Waals surface area contributed by atoms with E-state index < -0.39 is 0 Å². The van der Waals surface area contributed by atoms with Crippen LogP contribution in [0.5, 0.6) is 0 Å². The van der Waals surface area contributed by atoms with E-state index in [1.54, 1.807) is 0 Å². The molecule has 17 heavy (non-hydrogen) atoms. The summed E-state index contributed by atoms with van der Waals surface area (Å²) in [4.78, 5) is 0. The first-order valence-electron chi connectivity index (χ1n) is 6.10. The maximum Gasteiger partial charge on any atom is 0.120 e. The summed E-state index contributed by atoms with van der Waals surface area (Å²) in [6, 6.07) is 4.15. The number of nitrogens with one attached hydrogen (secondary N) is 1. The predicted molar refractivity (Wildman–Crippen MR) is 65.5 cm³/mol. The Kier molecular flexibility index (Phi) is 3.82. The molecule has 1 N–H and O–H groups in total. The predicted octanol–water partition coefficient (Wildman–Crippen LogP) is 1.47. The van der Waals surface area contributed by atoms with Crippen LogP contribution in [0.15, 0.2) is 6.07 Å². The molecule has 1 unspecified atom stereocenters. The highest BCUT2D eigenvalue weighted by Crippen LogP contribution is 2.14. The van der Waals surface area contributed by atoms with Gasteiger partial charge in [-0.15, -0.1) is 0 Å². The second kappa shape index (κ2) is 5.35. The van der Waals surface area contributed by atoms with Gasteiger partial charge in [0.15, 0.2) is 0 Å². The second-order valence-corrected chi connectivity index (χ2v) is 4.58. The summed E-state index contributed by atoms with van der Waals surface area (Å²) in [6.07, 6.45) is 2.70. The Hall–Kier alpha value is -1.31. The molecule has 0 amide bonds. The van der Waals surface area contributed by atoms with Gasteiger partial charge in [0.25, 0.3) is 0 Å². The fourth-order valence-electron chi connectivity index (χ4n) is 2.22. The van der Waals surface area contributed by atoms with E-state index in [0.29, 0.717) is 6.10 Å². The zero-order valence-electron chi connectivity index (χ0n) is 10.5. The van der Waals surface area contributed by atoms with Gasteiger partial charge in [-0.25, -0.2) is 0 Å². The molecule has 1 aromatic rings. The van der Waals surface area contributed by atoms with Crippen molar-refractivity contribution in [2.24, 2.45) is 7.05 Å². The number of hydrogen-bond acceptors (Lipinski definition) is 3. The van der Waals surface area contributed by atoms with E-state index in [2.05, 4.69) is 11.4 Å². The fourth-order valence-corrected chi connectivity index (χ4v) is 2.22. The highest BCUT2D eigenvalue weighted by Gasteiger charge is 2.15. The molecule has 1 aromatic heterocycles. The van der Waals surface area contributed by atoms with Gasteiger partial charge in [-0.05, 0) is 31.4 Å². The highest BCUT2D eigenvalue weighted by molar-refractivity contribution is 5.33. The van der Waals surface area contributed by atoms with Gasteiger partial charge in [0.05, 0.1) is 6.10 Å². The van der Waals surface area contributed by atoms with E-state index in [9.17, 15) is 0 Å². The van der Waals surface area contributed by atoms with E-state index in [1.807, 2.05) is 24.6 Å². The van der Waals surface area contributed by atoms with E-state index >= 15 is 0 Å². The average Bonchev–Trinajstić information content (AvgIpc) is 2.92. The van der Waals surface area contributed by atoms with E-state index in [-0.39, 0.29) is 0 Å². The summed E-state index contributed by atoms with van der Waals surface area (Å²) in [5.41, 5.74) is 3.07. The topological polar surface area (TPSA) is 50.0 Å². The van der Waals surface area contributed by atoms with Crippen LogP contribution in [0.2, 0.25) is 0 Å². The van der Waals surface area contributed by atoms with E-state index in [0.717, 1.165) is 37.5 Å². The van der Waals surface area contributed by atoms with Crippen molar-refractivity contribution in [2.45, 2.75) is 32.4 Å². The van der Waals surface area contributed by atoms with Crippen molar-refractivity contribution in [3.8, 4) is 6.07 Å². The number of aromatic nitrogens is 1. The van der Waals surface area contributed by atoms with Gasteiger partial charge in [-0.1, -0.05) is 0 Å². The highest BCUT2D eigenvalue weighted by atomic mass is 16.5. The van der Waals surface area contributed by atoms with Gasteiger partial charge < -0.3 is 14.6 Å². The number of rotatable bonds is 4. The van der Waals surface area contributed by atoms with Gasteiger partial charge in [-0.2, -0.15) is 5.26 Å². The van der Waals surface area contributed by atoms with Crippen LogP contribution in [-0.2, 0) is 18.3 Å². The molecule has 0 aromatic carbocycles. The summed E-state index contributed by atoms with van der Waals surface area (Å²) < 4.78 is 7.48. The van der Waals surface area contributed by atoms with Crippen molar-refractivity contribution in [3.63, 3.8) is 0 Å². The zero-order chi connectivity index (χ0) is 12.3. The lowest BCUT2D eigenvalue weighted by molar-refractivity contribution is 0.110. The van der Waals surface area contributed by atoms with Crippen LogP contribution in [0.4, 0.5) is 0 Å². The standard InChI is InChI=1S/C13H19N3O/c1-10-11(6-12(7-14)16(10)2)8-15-9-13-4-3-5-17-13/h6,13,15H,3-5,8-9H2,1-2H3. The second-order valence-electron chi connectivity index (χ2n) is 4.58. The first-order valence-corrected chi connectivity index (χ1v) is 6.10. The maximum atomic E-state index is 8.94. The van der Waals surface area contributed by atoms with Gasteiger partial charge in [0, 0.05) is 32.4 Å². The SMILES string of the molecule is Cc1c(CNCC2CCCO2)cc(C#N)n1C. The first kappa shape index (κ1) is 12.2. The molecule has 4 heteroatoms. The lowest BCUT2D eigenvalue weighted by atomic mass is 10.2. The third-order valence-corrected chi connectivity index (χ3v) is 3.47. The van der Waals surface area contributed by atoms with Crippen LogP contribution >= 0.6 is 0 Å². The zero-order valence-corrected chi connectivity index (χ0v) is 10.5. The molecule has 0 bridgehead atoms. The molecule has 92 valence electrons. The Morgan fingerprint density at radius 3 is 3.06 bits per heavy atom. The van der Waals surface area contributed by atoms with Crippen molar-refractivity contribution < 1.29 is 4.74 Å². The molecule has 1 fully saturated rings. The molecular weight excluding hydrogens is 214 g/mol. The first-order chi connectivity index (χ1) is 8.22. The molecule has 1 saturated heterocycles. The fraction of sp³-hybridized carbons (Fsp3) is 0.615. The van der Waals surface area contributed by atoms with Gasteiger partial charge in [0.1, 0.15) is 11.8 Å². The van der Waals surface area contributed by atoms with Gasteiger partial charge >= 0.3 is 0 Å². The normalized spacial score (nSPS) is 19.5. The van der Waals surface area contributed by atoms with Crippen molar-refractivity contribution >= 4 is 0 Å². The van der Waals surface area contributed by atoms with Gasteiger partial charge in [-0.3, -0.25) is 0 Å². The smallest absolute Gasteiger partial charge is 0.120 e. The quantitative estimate of drug-likeness (QED) is 0.857. The molecule has 2 rings (SSSR count). The van der Waals surface area contributed by atoms with Crippen LogP contribution in [-0.4, -0.2) is 23.8 Å². The summed E-state index contributed by atoms with van der Waals surface area (Å²) >= 11 is 0. The molecule has 2 heterocycles. The van der Waals surface area contributed by atoms with Gasteiger partial charge in [0.2, 0.25) is 0 Å². The Morgan fingerprint density at radius 1 is 1.65 bits per heavy atom. The van der Waals surface area contributed by atoms with Crippen LogP contribution in [0, 0.1) is 18.3 Å². The van der Waals surface area contributed by atoms with Crippen molar-refractivity contribution in [1.29, 1.82) is 5.26 Å². The molecule has 1 aliphatic rings. The summed E-state index contributed by atoms with van der Waals surface area (Å²) in [5.74, 6) is 0. The largest absolute Gasteiger partial charge is 0.377 e. The lowest BCUT2D eigenvalue weighted by Crippen LogP contribution is -2.25. The summed E-state index contributed by atoms with van der Waals surface area (Å²) in [5, 5.41) is 12.3. The number of nitriles is 1. The van der Waals surface area contributed by atoms with Crippen LogP contribution < -0.4 is 5.32 Å². The molecule has 0 radical (unpaired) electrons. The molecule has 1 atom stereocenters. The Bertz CT molecular complexity index is 425. The number of ether oxygens (including phenoxy) is 1. The van der Waals surface area contributed by atoms with Crippen molar-refractivity contribution in [1.82, 2.24) is 9.88 Å². The van der Waals surface area contributed by atoms with Crippen LogP contribution in [0.1, 0.15) is 29.8 Å². The maximum absolute atomic E-state index is 8.94. The van der Waals surface area contributed by atoms with Crippen molar-refractivity contribution in [2.75, 3.05) is 13.2 Å². The summed E-state index contributed by atoms with van der Waals surface area (Å²) in [6.45, 7) is 4.65. The van der Waals surface area contributed by atoms with E-state index in [4.69, 9.17) is 10.00 Å². The Labute approximate surface area is 102 Å². The number of nitrogens with zero attached hydrogens (tertiary/aromatic N) is 2. The Balaban J connectivity index is 1.88. The monoisotopic (exact) mass is 233 g/mol. The summed E-state index contributed by atoms with van der Waals surface area (Å²) in [7, 11) is 1.93. The van der Waals surface area contributed by atoms with Crippen LogP contribution in [0.25, 0.3) is 0 Å². The third kappa shape index (κ3) is 2.68. The number of hydrogen-bond donors (Lipinski definition) is 1. The lowest BCUT2D eigenvalue weighted by Gasteiger charge is -2.10. The molecular formula is C13H19N3O.